The maximum absolute atomic E-state index is 12.3. The summed E-state index contributed by atoms with van der Waals surface area (Å²) in [5, 5.41) is 0. The van der Waals surface area contributed by atoms with Gasteiger partial charge in [0.2, 0.25) is 5.91 Å². The molecule has 206 valence electrons. The van der Waals surface area contributed by atoms with E-state index in [-0.39, 0.29) is 5.91 Å². The highest BCUT2D eigenvalue weighted by Gasteiger charge is 2.13. The van der Waals surface area contributed by atoms with Gasteiger partial charge in [0.1, 0.15) is 12.8 Å². The van der Waals surface area contributed by atoms with E-state index >= 15 is 0 Å². The van der Waals surface area contributed by atoms with Crippen molar-refractivity contribution in [2.75, 3.05) is 6.61 Å². The Morgan fingerprint density at radius 2 is 1.32 bits per heavy atom. The molecule has 0 bridgehead atoms. The molecule has 0 radical (unpaired) electrons. The number of hydrogen-bond donors (Lipinski definition) is 0. The molecule has 1 amide bonds. The highest BCUT2D eigenvalue weighted by atomic mass is 16.5. The summed E-state index contributed by atoms with van der Waals surface area (Å²) in [4.78, 5) is 14.2. The Hall–Kier alpha value is -2.36. The molecule has 4 heteroatoms. The molecule has 0 fully saturated rings. The smallest absolute Gasteiger partial charge is 0.220 e. The lowest BCUT2D eigenvalue weighted by Gasteiger charge is -2.22. The van der Waals surface area contributed by atoms with Gasteiger partial charge in [-0.05, 0) is 42.2 Å². The third-order valence-corrected chi connectivity index (χ3v) is 7.31. The van der Waals surface area contributed by atoms with Gasteiger partial charge in [-0.2, -0.15) is 0 Å². The summed E-state index contributed by atoms with van der Waals surface area (Å²) < 4.78 is 8.03. The molecule has 0 saturated heterocycles. The number of benzene rings is 1. The molecule has 2 aromatic rings. The first-order valence-corrected chi connectivity index (χ1v) is 14.9. The molecule has 37 heavy (non-hydrogen) atoms. The van der Waals surface area contributed by atoms with Crippen molar-refractivity contribution in [3.05, 3.63) is 59.4 Å². The minimum absolute atomic E-state index is 0.0887. The number of nitrogens with zero attached hydrogens (tertiary/aromatic N) is 2. The van der Waals surface area contributed by atoms with Crippen LogP contribution in [0.2, 0.25) is 0 Å². The predicted octanol–water partition coefficient (Wildman–Crippen LogP) is 8.23. The molecule has 0 spiro atoms. The van der Waals surface area contributed by atoms with Gasteiger partial charge in [0.15, 0.2) is 12.4 Å². The number of ether oxygens (including phenoxy) is 1. The van der Waals surface area contributed by atoms with Crippen LogP contribution < -0.4 is 9.30 Å². The van der Waals surface area contributed by atoms with Gasteiger partial charge < -0.3 is 9.64 Å². The summed E-state index contributed by atoms with van der Waals surface area (Å²) in [5.41, 5.74) is 3.48. The molecule has 4 nitrogen and oxygen atoms in total. The summed E-state index contributed by atoms with van der Waals surface area (Å²) >= 11 is 0. The number of aromatic nitrogens is 1. The number of carbonyl (C=O) groups is 1. The van der Waals surface area contributed by atoms with Crippen LogP contribution in [0.4, 0.5) is 0 Å². The minimum atomic E-state index is 0.0887. The quantitative estimate of drug-likeness (QED) is 0.133. The van der Waals surface area contributed by atoms with E-state index in [0.717, 1.165) is 24.3 Å². The van der Waals surface area contributed by atoms with Gasteiger partial charge in [-0.25, -0.2) is 4.57 Å². The van der Waals surface area contributed by atoms with Crippen LogP contribution in [0.15, 0.2) is 42.7 Å². The lowest BCUT2D eigenvalue weighted by molar-refractivity contribution is -0.671. The van der Waals surface area contributed by atoms with Gasteiger partial charge >= 0.3 is 0 Å². The Kier molecular flexibility index (Phi) is 15.7. The minimum Gasteiger partial charge on any atom is -0.494 e. The molecule has 0 atom stereocenters. The first kappa shape index (κ1) is 30.9. The van der Waals surface area contributed by atoms with Gasteiger partial charge in [0.25, 0.3) is 0 Å². The highest BCUT2D eigenvalue weighted by molar-refractivity contribution is 5.73. The van der Waals surface area contributed by atoms with E-state index in [9.17, 15) is 4.79 Å². The molecule has 2 rings (SSSR count). The Morgan fingerprint density at radius 1 is 0.784 bits per heavy atom. The molecule has 1 aromatic carbocycles. The Bertz CT molecular complexity index is 878. The van der Waals surface area contributed by atoms with Crippen molar-refractivity contribution < 1.29 is 14.1 Å². The van der Waals surface area contributed by atoms with Crippen LogP contribution in [0.5, 0.6) is 5.75 Å². The summed E-state index contributed by atoms with van der Waals surface area (Å²) in [6, 6.07) is 10.4. The number of pyridine rings is 1. The predicted molar refractivity (Wildman–Crippen MR) is 155 cm³/mol. The standard InChI is InChI=1S/C33H53N2O2/c1-5-6-7-8-9-10-11-12-13-14-15-16-17-18-25-37-33-20-19-32(29(2)26-33)28-35(30(3)36)27-31-21-23-34(4)24-22-31/h19-24,26H,5-18,25,27-28H2,1-4H3/q+1. The number of amides is 1. The molecule has 1 heterocycles. The average molecular weight is 510 g/mol. The largest absolute Gasteiger partial charge is 0.494 e. The van der Waals surface area contributed by atoms with E-state index in [1.807, 2.05) is 35.0 Å². The summed E-state index contributed by atoms with van der Waals surface area (Å²) in [6.45, 7) is 8.05. The van der Waals surface area contributed by atoms with Crippen LogP contribution >= 0.6 is 0 Å². The molecule has 0 aliphatic rings. The maximum atomic E-state index is 12.3. The van der Waals surface area contributed by atoms with Crippen molar-refractivity contribution in [2.45, 2.75) is 124 Å². The van der Waals surface area contributed by atoms with Crippen LogP contribution in [0.1, 0.15) is 120 Å². The Labute approximate surface area is 227 Å². The monoisotopic (exact) mass is 509 g/mol. The second kappa shape index (κ2) is 18.8. The lowest BCUT2D eigenvalue weighted by atomic mass is 10.0. The second-order valence-electron chi connectivity index (χ2n) is 10.8. The molecule has 0 N–H and O–H groups in total. The van der Waals surface area contributed by atoms with Crippen LogP contribution in [0.25, 0.3) is 0 Å². The Morgan fingerprint density at radius 3 is 1.84 bits per heavy atom. The number of hydrogen-bond acceptors (Lipinski definition) is 2. The second-order valence-corrected chi connectivity index (χ2v) is 10.8. The molecule has 0 saturated carbocycles. The van der Waals surface area contributed by atoms with Crippen molar-refractivity contribution in [3.8, 4) is 5.75 Å². The molecular formula is C33H53N2O2+. The molecule has 0 unspecified atom stereocenters. The fourth-order valence-electron chi connectivity index (χ4n) is 4.76. The highest BCUT2D eigenvalue weighted by Crippen LogP contribution is 2.20. The van der Waals surface area contributed by atoms with Crippen molar-refractivity contribution >= 4 is 5.91 Å². The molecule has 0 aliphatic carbocycles. The van der Waals surface area contributed by atoms with E-state index in [1.54, 1.807) is 6.92 Å². The maximum Gasteiger partial charge on any atom is 0.220 e. The van der Waals surface area contributed by atoms with Crippen LogP contribution in [0.3, 0.4) is 0 Å². The molecule has 0 aliphatic heterocycles. The van der Waals surface area contributed by atoms with Crippen molar-refractivity contribution in [1.82, 2.24) is 4.90 Å². The number of aryl methyl sites for hydroxylation is 2. The number of rotatable bonds is 20. The van der Waals surface area contributed by atoms with Gasteiger partial charge in [0.05, 0.1) is 6.61 Å². The fraction of sp³-hybridized carbons (Fsp3) is 0.636. The van der Waals surface area contributed by atoms with Crippen molar-refractivity contribution in [2.24, 2.45) is 7.05 Å². The summed E-state index contributed by atoms with van der Waals surface area (Å²) in [6.07, 6.45) is 23.2. The van der Waals surface area contributed by atoms with Gasteiger partial charge in [-0.3, -0.25) is 4.79 Å². The van der Waals surface area contributed by atoms with E-state index < -0.39 is 0 Å². The number of unbranched alkanes of at least 4 members (excludes halogenated alkanes) is 13. The Balaban J connectivity index is 1.57. The zero-order valence-electron chi connectivity index (χ0n) is 24.3. The van der Waals surface area contributed by atoms with Crippen molar-refractivity contribution in [3.63, 3.8) is 0 Å². The third-order valence-electron chi connectivity index (χ3n) is 7.31. The lowest BCUT2D eigenvalue weighted by Crippen LogP contribution is -2.30. The SMILES string of the molecule is CCCCCCCCCCCCCCCCOc1ccc(CN(Cc2cc[n+](C)cc2)C(C)=O)c(C)c1. The molecule has 1 aromatic heterocycles. The topological polar surface area (TPSA) is 33.4 Å². The van der Waals surface area contributed by atoms with Gasteiger partial charge in [0, 0.05) is 32.1 Å². The van der Waals surface area contributed by atoms with Crippen molar-refractivity contribution in [1.29, 1.82) is 0 Å². The first-order valence-electron chi connectivity index (χ1n) is 14.9. The van der Waals surface area contributed by atoms with E-state index in [0.29, 0.717) is 13.1 Å². The van der Waals surface area contributed by atoms with Crippen LogP contribution in [0, 0.1) is 6.92 Å². The van der Waals surface area contributed by atoms with Gasteiger partial charge in [-0.1, -0.05) is 96.5 Å². The fourth-order valence-corrected chi connectivity index (χ4v) is 4.76. The van der Waals surface area contributed by atoms with Crippen LogP contribution in [-0.2, 0) is 24.9 Å². The van der Waals surface area contributed by atoms with Crippen LogP contribution in [-0.4, -0.2) is 17.4 Å². The van der Waals surface area contributed by atoms with E-state index in [4.69, 9.17) is 4.74 Å². The van der Waals surface area contributed by atoms with Gasteiger partial charge in [-0.15, -0.1) is 0 Å². The normalized spacial score (nSPS) is 11.0. The first-order chi connectivity index (χ1) is 18.0. The molecular weight excluding hydrogens is 456 g/mol. The zero-order chi connectivity index (χ0) is 26.7. The zero-order valence-corrected chi connectivity index (χ0v) is 24.3. The number of carbonyl (C=O) groups excluding carboxylic acids is 1. The average Bonchev–Trinajstić information content (AvgIpc) is 2.88. The summed E-state index contributed by atoms with van der Waals surface area (Å²) in [7, 11) is 2.00. The van der Waals surface area contributed by atoms with E-state index in [2.05, 4.69) is 38.1 Å². The summed E-state index contributed by atoms with van der Waals surface area (Å²) in [5.74, 6) is 1.02. The van der Waals surface area contributed by atoms with E-state index in [1.165, 1.54) is 94.6 Å². The third kappa shape index (κ3) is 13.7.